The Bertz CT molecular complexity index is 589. The van der Waals surface area contributed by atoms with E-state index in [2.05, 4.69) is 5.32 Å². The second-order valence-electron chi connectivity index (χ2n) is 4.07. The Hall–Kier alpha value is -2.56. The van der Waals surface area contributed by atoms with Gasteiger partial charge in [0, 0.05) is 0 Å². The number of carboxylic acid groups (broad SMARTS) is 1. The van der Waals surface area contributed by atoms with Crippen molar-refractivity contribution in [1.29, 1.82) is 0 Å². The van der Waals surface area contributed by atoms with E-state index in [1.807, 2.05) is 0 Å². The number of aliphatic carboxylic acids is 1. The molecule has 0 saturated heterocycles. The number of carbonyl (C=O) groups is 2. The lowest BCUT2D eigenvalue weighted by atomic mass is 10.1. The van der Waals surface area contributed by atoms with Crippen molar-refractivity contribution in [2.75, 3.05) is 0 Å². The normalized spacial score (nSPS) is 11.8. The zero-order valence-corrected chi connectivity index (χ0v) is 10.3. The fourth-order valence-electron chi connectivity index (χ4n) is 1.69. The summed E-state index contributed by atoms with van der Waals surface area (Å²) in [5, 5.41) is 11.6. The number of nitrogens with one attached hydrogen (secondary N) is 1. The van der Waals surface area contributed by atoms with E-state index in [1.54, 1.807) is 43.3 Å². The molecule has 98 valence electrons. The molecule has 1 atom stereocenters. The summed E-state index contributed by atoms with van der Waals surface area (Å²) in [6.07, 6.45) is 0. The first-order valence-corrected chi connectivity index (χ1v) is 5.73. The zero-order chi connectivity index (χ0) is 13.8. The Kier molecular flexibility index (Phi) is 3.66. The summed E-state index contributed by atoms with van der Waals surface area (Å²) in [6, 6.07) is 10.6. The zero-order valence-electron chi connectivity index (χ0n) is 10.3. The van der Waals surface area contributed by atoms with Crippen molar-refractivity contribution in [2.24, 2.45) is 0 Å². The number of carbonyl (C=O) groups excluding carboxylic acids is 1. The third kappa shape index (κ3) is 3.01. The molecule has 0 bridgehead atoms. The van der Waals surface area contributed by atoms with Gasteiger partial charge in [-0.05, 0) is 24.6 Å². The highest BCUT2D eigenvalue weighted by molar-refractivity contribution is 5.94. The molecule has 0 unspecified atom stereocenters. The van der Waals surface area contributed by atoms with Crippen LogP contribution in [0.2, 0.25) is 0 Å². The molecule has 0 aliphatic carbocycles. The molecule has 19 heavy (non-hydrogen) atoms. The maximum atomic E-state index is 11.9. The summed E-state index contributed by atoms with van der Waals surface area (Å²) < 4.78 is 5.16. The average molecular weight is 259 g/mol. The van der Waals surface area contributed by atoms with Crippen LogP contribution in [0.25, 0.3) is 0 Å². The molecule has 0 radical (unpaired) electrons. The van der Waals surface area contributed by atoms with Gasteiger partial charge in [0.15, 0.2) is 11.8 Å². The predicted octanol–water partition coefficient (Wildman–Crippen LogP) is 2.14. The highest BCUT2D eigenvalue weighted by Gasteiger charge is 2.23. The molecule has 1 heterocycles. The van der Waals surface area contributed by atoms with Crippen LogP contribution in [0.3, 0.4) is 0 Å². The predicted molar refractivity (Wildman–Crippen MR) is 67.7 cm³/mol. The summed E-state index contributed by atoms with van der Waals surface area (Å²) in [6.45, 7) is 1.71. The van der Waals surface area contributed by atoms with Crippen LogP contribution in [0.15, 0.2) is 46.9 Å². The summed E-state index contributed by atoms with van der Waals surface area (Å²) in [7, 11) is 0. The summed E-state index contributed by atoms with van der Waals surface area (Å²) in [4.78, 5) is 23.1. The van der Waals surface area contributed by atoms with Crippen LogP contribution in [0, 0.1) is 6.92 Å². The van der Waals surface area contributed by atoms with Crippen LogP contribution in [-0.4, -0.2) is 17.0 Å². The third-order valence-corrected chi connectivity index (χ3v) is 2.62. The Labute approximate surface area is 109 Å². The molecule has 5 nitrogen and oxygen atoms in total. The molecule has 0 aliphatic heterocycles. The summed E-state index contributed by atoms with van der Waals surface area (Å²) in [5.74, 6) is -0.983. The van der Waals surface area contributed by atoms with Crippen molar-refractivity contribution in [2.45, 2.75) is 13.0 Å². The maximum Gasteiger partial charge on any atom is 0.330 e. The molecule has 1 amide bonds. The average Bonchev–Trinajstić information content (AvgIpc) is 2.83. The van der Waals surface area contributed by atoms with Gasteiger partial charge in [-0.1, -0.05) is 30.3 Å². The molecule has 2 rings (SSSR count). The number of aryl methyl sites for hydroxylation is 1. The largest absolute Gasteiger partial charge is 0.479 e. The van der Waals surface area contributed by atoms with Gasteiger partial charge in [-0.3, -0.25) is 4.79 Å². The van der Waals surface area contributed by atoms with Crippen molar-refractivity contribution in [1.82, 2.24) is 5.32 Å². The number of furan rings is 1. The summed E-state index contributed by atoms with van der Waals surface area (Å²) >= 11 is 0. The van der Waals surface area contributed by atoms with E-state index in [0.29, 0.717) is 11.3 Å². The van der Waals surface area contributed by atoms with Crippen molar-refractivity contribution in [3.05, 3.63) is 59.5 Å². The molecule has 2 N–H and O–H groups in total. The molecule has 1 aromatic carbocycles. The van der Waals surface area contributed by atoms with Crippen molar-refractivity contribution in [3.8, 4) is 0 Å². The molecule has 0 saturated carbocycles. The van der Waals surface area contributed by atoms with Gasteiger partial charge >= 0.3 is 5.97 Å². The van der Waals surface area contributed by atoms with E-state index in [9.17, 15) is 14.7 Å². The van der Waals surface area contributed by atoms with Crippen LogP contribution < -0.4 is 5.32 Å². The van der Waals surface area contributed by atoms with Gasteiger partial charge in [0.2, 0.25) is 0 Å². The first-order valence-electron chi connectivity index (χ1n) is 5.73. The molecule has 0 aliphatic rings. The Morgan fingerprint density at radius 3 is 2.37 bits per heavy atom. The van der Waals surface area contributed by atoms with E-state index in [1.165, 1.54) is 6.07 Å². The van der Waals surface area contributed by atoms with Gasteiger partial charge < -0.3 is 14.8 Å². The molecule has 0 spiro atoms. The van der Waals surface area contributed by atoms with Crippen LogP contribution in [0.5, 0.6) is 0 Å². The van der Waals surface area contributed by atoms with Crippen LogP contribution in [0.4, 0.5) is 0 Å². The fraction of sp³-hybridized carbons (Fsp3) is 0.143. The molecule has 1 aromatic heterocycles. The Balaban J connectivity index is 2.18. The van der Waals surface area contributed by atoms with E-state index in [-0.39, 0.29) is 5.76 Å². The third-order valence-electron chi connectivity index (χ3n) is 2.62. The topological polar surface area (TPSA) is 79.5 Å². The van der Waals surface area contributed by atoms with Gasteiger partial charge in [-0.25, -0.2) is 4.79 Å². The van der Waals surface area contributed by atoms with Gasteiger partial charge in [0.25, 0.3) is 5.91 Å². The lowest BCUT2D eigenvalue weighted by Crippen LogP contribution is -2.33. The number of hydrogen-bond donors (Lipinski definition) is 2. The van der Waals surface area contributed by atoms with Gasteiger partial charge in [-0.2, -0.15) is 0 Å². The quantitative estimate of drug-likeness (QED) is 0.881. The minimum atomic E-state index is -1.12. The number of hydrogen-bond acceptors (Lipinski definition) is 3. The van der Waals surface area contributed by atoms with Crippen molar-refractivity contribution < 1.29 is 19.1 Å². The van der Waals surface area contributed by atoms with E-state index >= 15 is 0 Å². The summed E-state index contributed by atoms with van der Waals surface area (Å²) in [5.41, 5.74) is 0.506. The van der Waals surface area contributed by atoms with Gasteiger partial charge in [0.05, 0.1) is 0 Å². The molecular formula is C14H13NO4. The van der Waals surface area contributed by atoms with Gasteiger partial charge in [0.1, 0.15) is 5.76 Å². The number of carboxylic acids is 1. The van der Waals surface area contributed by atoms with Crippen molar-refractivity contribution in [3.63, 3.8) is 0 Å². The lowest BCUT2D eigenvalue weighted by Gasteiger charge is -2.13. The molecular weight excluding hydrogens is 246 g/mol. The minimum absolute atomic E-state index is 0.0969. The van der Waals surface area contributed by atoms with Crippen LogP contribution in [0.1, 0.15) is 27.9 Å². The van der Waals surface area contributed by atoms with Gasteiger partial charge in [-0.15, -0.1) is 0 Å². The second-order valence-corrected chi connectivity index (χ2v) is 4.07. The first kappa shape index (κ1) is 12.9. The fourth-order valence-corrected chi connectivity index (χ4v) is 1.69. The molecule has 2 aromatic rings. The minimum Gasteiger partial charge on any atom is -0.479 e. The van der Waals surface area contributed by atoms with E-state index in [4.69, 9.17) is 4.42 Å². The van der Waals surface area contributed by atoms with Crippen molar-refractivity contribution >= 4 is 11.9 Å². The molecule has 5 heteroatoms. The number of benzene rings is 1. The first-order chi connectivity index (χ1) is 9.08. The van der Waals surface area contributed by atoms with E-state index < -0.39 is 17.9 Å². The monoisotopic (exact) mass is 259 g/mol. The number of amides is 1. The lowest BCUT2D eigenvalue weighted by molar-refractivity contribution is -0.139. The molecule has 0 fully saturated rings. The van der Waals surface area contributed by atoms with E-state index in [0.717, 1.165) is 0 Å². The van der Waals surface area contributed by atoms with Crippen LogP contribution in [-0.2, 0) is 4.79 Å². The standard InChI is InChI=1S/C14H13NO4/c1-9-7-8-11(19-9)13(16)15-12(14(17)18)10-5-3-2-4-6-10/h2-8,12H,1H3,(H,15,16)(H,17,18)/t12-/m0/s1. The smallest absolute Gasteiger partial charge is 0.330 e. The Morgan fingerprint density at radius 1 is 1.16 bits per heavy atom. The van der Waals surface area contributed by atoms with Crippen LogP contribution >= 0.6 is 0 Å². The highest BCUT2D eigenvalue weighted by atomic mass is 16.4. The highest BCUT2D eigenvalue weighted by Crippen LogP contribution is 2.14. The Morgan fingerprint density at radius 2 is 1.84 bits per heavy atom. The number of rotatable bonds is 4. The second kappa shape index (κ2) is 5.39. The maximum absolute atomic E-state index is 11.9. The SMILES string of the molecule is Cc1ccc(C(=O)N[C@H](C(=O)O)c2ccccc2)o1.